The van der Waals surface area contributed by atoms with Crippen LogP contribution < -0.4 is 4.74 Å². The van der Waals surface area contributed by atoms with Gasteiger partial charge in [0.05, 0.1) is 13.7 Å². The quantitative estimate of drug-likeness (QED) is 0.249. The molecule has 0 spiro atoms. The fourth-order valence-electron chi connectivity index (χ4n) is 4.06. The Morgan fingerprint density at radius 2 is 1.88 bits per heavy atom. The van der Waals surface area contributed by atoms with Gasteiger partial charge in [0, 0.05) is 17.5 Å². The first-order valence-electron chi connectivity index (χ1n) is 10.8. The summed E-state index contributed by atoms with van der Waals surface area (Å²) >= 11 is 0. The van der Waals surface area contributed by atoms with E-state index in [4.69, 9.17) is 18.9 Å². The predicted octanol–water partition coefficient (Wildman–Crippen LogP) is -0.00828. The molecule has 0 bridgehead atoms. The molecule has 0 amide bonds. The number of esters is 2. The Labute approximate surface area is 196 Å². The van der Waals surface area contributed by atoms with E-state index in [0.29, 0.717) is 22.4 Å². The van der Waals surface area contributed by atoms with Crippen LogP contribution in [0.25, 0.3) is 0 Å². The number of aromatic hydroxyl groups is 1. The normalized spacial score (nSPS) is 26.7. The molecule has 0 radical (unpaired) electrons. The van der Waals surface area contributed by atoms with Gasteiger partial charge in [-0.3, -0.25) is 4.79 Å². The molecule has 188 valence electrons. The molecule has 1 aromatic carbocycles. The van der Waals surface area contributed by atoms with E-state index >= 15 is 0 Å². The van der Waals surface area contributed by atoms with Crippen molar-refractivity contribution in [3.63, 3.8) is 0 Å². The Morgan fingerprint density at radius 1 is 1.18 bits per heavy atom. The van der Waals surface area contributed by atoms with Gasteiger partial charge in [0.1, 0.15) is 48.1 Å². The topological polar surface area (TPSA) is 172 Å². The summed E-state index contributed by atoms with van der Waals surface area (Å²) in [6, 6.07) is 0. The van der Waals surface area contributed by atoms with Gasteiger partial charge in [0.25, 0.3) is 0 Å². The van der Waals surface area contributed by atoms with Crippen molar-refractivity contribution in [3.05, 3.63) is 33.9 Å². The third-order valence-corrected chi connectivity index (χ3v) is 6.12. The number of hydrogen-bond acceptors (Lipinski definition) is 11. The number of rotatable bonds is 8. The molecule has 1 saturated heterocycles. The Kier molecular flexibility index (Phi) is 8.16. The van der Waals surface area contributed by atoms with Crippen LogP contribution in [-0.2, 0) is 32.0 Å². The van der Waals surface area contributed by atoms with Crippen molar-refractivity contribution < 1.29 is 54.1 Å². The smallest absolute Gasteiger partial charge is 0.342 e. The highest BCUT2D eigenvalue weighted by atomic mass is 16.7. The number of carbonyl (C=O) groups is 2. The Balaban J connectivity index is 1.62. The molecule has 11 heteroatoms. The van der Waals surface area contributed by atoms with Crippen molar-refractivity contribution in [1.29, 1.82) is 0 Å². The van der Waals surface area contributed by atoms with Crippen LogP contribution in [0, 0.1) is 6.92 Å². The molecule has 3 rings (SSSR count). The number of benzene rings is 1. The van der Waals surface area contributed by atoms with Crippen molar-refractivity contribution in [2.75, 3.05) is 13.7 Å². The van der Waals surface area contributed by atoms with Gasteiger partial charge in [-0.05, 0) is 32.3 Å². The third kappa shape index (κ3) is 5.03. The molecule has 0 aliphatic carbocycles. The lowest BCUT2D eigenvalue weighted by molar-refractivity contribution is -0.292. The van der Waals surface area contributed by atoms with Crippen LogP contribution in [-0.4, -0.2) is 81.9 Å². The Bertz CT molecular complexity index is 968. The molecular formula is C23H30O11. The number of phenols is 1. The molecule has 2 aliphatic heterocycles. The van der Waals surface area contributed by atoms with Crippen LogP contribution in [0.4, 0.5) is 0 Å². The number of hydrogen-bond donors (Lipinski definition) is 5. The summed E-state index contributed by atoms with van der Waals surface area (Å²) in [5, 5.41) is 49.4. The fourth-order valence-corrected chi connectivity index (χ4v) is 4.06. The zero-order valence-electron chi connectivity index (χ0n) is 19.2. The number of aliphatic hydroxyl groups is 4. The van der Waals surface area contributed by atoms with Gasteiger partial charge < -0.3 is 44.5 Å². The SMILES string of the molecule is COc1c(C)c2c(c(O)c1C/C=C(\C)CCC(=O)O[C@@H]1O[C@H](CO)[C@@H](O)[C@@H](O)[C@@H]1O)C(=O)OC2. The maximum atomic E-state index is 12.2. The maximum Gasteiger partial charge on any atom is 0.342 e. The highest BCUT2D eigenvalue weighted by Gasteiger charge is 2.45. The van der Waals surface area contributed by atoms with E-state index in [-0.39, 0.29) is 37.2 Å². The molecule has 5 N–H and O–H groups in total. The Morgan fingerprint density at radius 3 is 2.53 bits per heavy atom. The molecule has 1 aromatic rings. The molecule has 2 aliphatic rings. The molecular weight excluding hydrogens is 452 g/mol. The second-order valence-electron chi connectivity index (χ2n) is 8.36. The zero-order chi connectivity index (χ0) is 25.2. The summed E-state index contributed by atoms with van der Waals surface area (Å²) in [5.74, 6) is -1.03. The van der Waals surface area contributed by atoms with E-state index in [1.54, 1.807) is 19.9 Å². The van der Waals surface area contributed by atoms with Crippen LogP contribution >= 0.6 is 0 Å². The number of ether oxygens (including phenoxy) is 4. The van der Waals surface area contributed by atoms with E-state index in [0.717, 1.165) is 5.57 Å². The summed E-state index contributed by atoms with van der Waals surface area (Å²) in [6.45, 7) is 3.01. The lowest BCUT2D eigenvalue weighted by atomic mass is 9.94. The predicted molar refractivity (Wildman–Crippen MR) is 115 cm³/mol. The second kappa shape index (κ2) is 10.7. The molecule has 2 heterocycles. The summed E-state index contributed by atoms with van der Waals surface area (Å²) in [6.07, 6.45) is -5.31. The lowest BCUT2D eigenvalue weighted by Crippen LogP contribution is -2.59. The van der Waals surface area contributed by atoms with Gasteiger partial charge in [-0.25, -0.2) is 4.79 Å². The molecule has 11 nitrogen and oxygen atoms in total. The highest BCUT2D eigenvalue weighted by molar-refractivity contribution is 5.98. The number of methoxy groups -OCH3 is 1. The van der Waals surface area contributed by atoms with Gasteiger partial charge in [0.2, 0.25) is 6.29 Å². The zero-order valence-corrected chi connectivity index (χ0v) is 19.2. The van der Waals surface area contributed by atoms with Crippen LogP contribution in [0.1, 0.15) is 46.8 Å². The monoisotopic (exact) mass is 482 g/mol. The van der Waals surface area contributed by atoms with E-state index in [9.17, 15) is 35.1 Å². The van der Waals surface area contributed by atoms with E-state index in [2.05, 4.69) is 0 Å². The number of phenolic OH excluding ortho intramolecular Hbond substituents is 1. The molecule has 0 saturated carbocycles. The van der Waals surface area contributed by atoms with Gasteiger partial charge >= 0.3 is 11.9 Å². The minimum Gasteiger partial charge on any atom is -0.507 e. The summed E-state index contributed by atoms with van der Waals surface area (Å²) in [5.41, 5.74) is 2.67. The Hall–Kier alpha value is -2.70. The van der Waals surface area contributed by atoms with Crippen molar-refractivity contribution in [3.8, 4) is 11.5 Å². The summed E-state index contributed by atoms with van der Waals surface area (Å²) in [4.78, 5) is 24.2. The number of carbonyl (C=O) groups excluding carboxylic acids is 2. The second-order valence-corrected chi connectivity index (χ2v) is 8.36. The molecule has 0 aromatic heterocycles. The molecule has 1 fully saturated rings. The fraction of sp³-hybridized carbons (Fsp3) is 0.565. The largest absolute Gasteiger partial charge is 0.507 e. The molecule has 0 unspecified atom stereocenters. The van der Waals surface area contributed by atoms with Crippen LogP contribution in [0.5, 0.6) is 11.5 Å². The standard InChI is InChI=1S/C23H30O11/c1-10(5-7-15(25)34-23-20(29)19(28)18(27)14(8-24)33-23)4-6-12-17(26)16-13(9-32-22(16)30)11(2)21(12)31-3/h4,14,18-20,23-24,26-29H,5-9H2,1-3H3/b10-4+/t14-,18-,19-,20+,23+/m1/s1. The van der Waals surface area contributed by atoms with E-state index < -0.39 is 49.3 Å². The highest BCUT2D eigenvalue weighted by Crippen LogP contribution is 2.42. The van der Waals surface area contributed by atoms with E-state index in [1.165, 1.54) is 7.11 Å². The first-order chi connectivity index (χ1) is 16.1. The van der Waals surface area contributed by atoms with Gasteiger partial charge in [-0.15, -0.1) is 0 Å². The van der Waals surface area contributed by atoms with Gasteiger partial charge in [-0.1, -0.05) is 11.6 Å². The van der Waals surface area contributed by atoms with Gasteiger partial charge in [0.15, 0.2) is 0 Å². The van der Waals surface area contributed by atoms with E-state index in [1.807, 2.05) is 0 Å². The maximum absolute atomic E-state index is 12.2. The number of fused-ring (bicyclic) bond motifs is 1. The number of aliphatic hydroxyl groups excluding tert-OH is 4. The van der Waals surface area contributed by atoms with Crippen molar-refractivity contribution in [2.45, 2.75) is 70.4 Å². The third-order valence-electron chi connectivity index (χ3n) is 6.12. The summed E-state index contributed by atoms with van der Waals surface area (Å²) in [7, 11) is 1.47. The first kappa shape index (κ1) is 25.9. The van der Waals surface area contributed by atoms with Crippen molar-refractivity contribution >= 4 is 11.9 Å². The van der Waals surface area contributed by atoms with Crippen LogP contribution in [0.3, 0.4) is 0 Å². The summed E-state index contributed by atoms with van der Waals surface area (Å²) < 4.78 is 20.7. The number of allylic oxidation sites excluding steroid dienone is 2. The van der Waals surface area contributed by atoms with Crippen molar-refractivity contribution in [1.82, 2.24) is 0 Å². The first-order valence-corrected chi connectivity index (χ1v) is 10.8. The average Bonchev–Trinajstić information content (AvgIpc) is 3.21. The number of cyclic esters (lactones) is 1. The lowest BCUT2D eigenvalue weighted by Gasteiger charge is -2.39. The molecule has 5 atom stereocenters. The van der Waals surface area contributed by atoms with Crippen LogP contribution in [0.2, 0.25) is 0 Å². The minimum absolute atomic E-state index is 0.0734. The van der Waals surface area contributed by atoms with Gasteiger partial charge in [-0.2, -0.15) is 0 Å². The van der Waals surface area contributed by atoms with Crippen molar-refractivity contribution in [2.24, 2.45) is 0 Å². The molecule has 34 heavy (non-hydrogen) atoms. The van der Waals surface area contributed by atoms with Crippen LogP contribution in [0.15, 0.2) is 11.6 Å². The average molecular weight is 482 g/mol. The minimum atomic E-state index is -1.66.